The number of fused-ring (bicyclic) bond motifs is 1. The molecule has 5 rings (SSSR count). The first-order chi connectivity index (χ1) is 16.6. The number of ether oxygens (including phenoxy) is 2. The second-order valence-corrected chi connectivity index (χ2v) is 9.29. The number of aromatic nitrogens is 3. The zero-order valence-corrected chi connectivity index (χ0v) is 20.1. The first-order valence-corrected chi connectivity index (χ1v) is 12.5. The third-order valence-corrected chi connectivity index (χ3v) is 7.15. The Bertz CT molecular complexity index is 1340. The van der Waals surface area contributed by atoms with Crippen LogP contribution in [0.3, 0.4) is 0 Å². The van der Waals surface area contributed by atoms with Crippen molar-refractivity contribution in [2.75, 3.05) is 13.7 Å². The van der Waals surface area contributed by atoms with Gasteiger partial charge in [0, 0.05) is 29.4 Å². The molecule has 1 fully saturated rings. The van der Waals surface area contributed by atoms with Gasteiger partial charge in [0.05, 0.1) is 19.8 Å². The zero-order chi connectivity index (χ0) is 23.5. The lowest BCUT2D eigenvalue weighted by atomic mass is 10.1. The third kappa shape index (κ3) is 4.74. The molecule has 0 radical (unpaired) electrons. The fraction of sp³-hybridized carbons (Fsp3) is 0.346. The molecular formula is C26H27N3O4S. The van der Waals surface area contributed by atoms with E-state index in [9.17, 15) is 4.79 Å². The van der Waals surface area contributed by atoms with E-state index in [0.29, 0.717) is 17.9 Å². The fourth-order valence-corrected chi connectivity index (χ4v) is 5.20. The Kier molecular flexibility index (Phi) is 6.69. The second-order valence-electron chi connectivity index (χ2n) is 8.34. The second kappa shape index (κ2) is 10.0. The van der Waals surface area contributed by atoms with Gasteiger partial charge >= 0.3 is 5.63 Å². The molecule has 0 aliphatic carbocycles. The van der Waals surface area contributed by atoms with Gasteiger partial charge in [-0.15, -0.1) is 10.2 Å². The number of hydrogen-bond acceptors (Lipinski definition) is 7. The van der Waals surface area contributed by atoms with Crippen LogP contribution in [0.25, 0.3) is 22.4 Å². The molecule has 7 nitrogen and oxygen atoms in total. The van der Waals surface area contributed by atoms with Gasteiger partial charge in [-0.3, -0.25) is 4.57 Å². The summed E-state index contributed by atoms with van der Waals surface area (Å²) in [4.78, 5) is 12.2. The average molecular weight is 478 g/mol. The summed E-state index contributed by atoms with van der Waals surface area (Å²) in [7, 11) is 1.65. The van der Waals surface area contributed by atoms with Crippen molar-refractivity contribution < 1.29 is 13.9 Å². The summed E-state index contributed by atoms with van der Waals surface area (Å²) in [6, 6.07) is 15.5. The summed E-state index contributed by atoms with van der Waals surface area (Å²) in [6.45, 7) is 3.56. The number of methoxy groups -OCH3 is 1. The van der Waals surface area contributed by atoms with Crippen LogP contribution in [-0.4, -0.2) is 34.6 Å². The molecular weight excluding hydrogens is 450 g/mol. The van der Waals surface area contributed by atoms with Crippen molar-refractivity contribution in [1.82, 2.24) is 14.8 Å². The Morgan fingerprint density at radius 3 is 2.74 bits per heavy atom. The van der Waals surface area contributed by atoms with Crippen LogP contribution in [0.15, 0.2) is 62.9 Å². The van der Waals surface area contributed by atoms with Crippen LogP contribution < -0.4 is 10.4 Å². The van der Waals surface area contributed by atoms with E-state index < -0.39 is 0 Å². The Morgan fingerprint density at radius 1 is 1.15 bits per heavy atom. The van der Waals surface area contributed by atoms with Crippen molar-refractivity contribution in [2.45, 2.75) is 49.7 Å². The summed E-state index contributed by atoms with van der Waals surface area (Å²) in [6.07, 6.45) is 3.12. The van der Waals surface area contributed by atoms with E-state index in [1.807, 2.05) is 36.4 Å². The van der Waals surface area contributed by atoms with Crippen LogP contribution in [0.5, 0.6) is 5.75 Å². The van der Waals surface area contributed by atoms with Crippen LogP contribution >= 0.6 is 11.8 Å². The highest BCUT2D eigenvalue weighted by Gasteiger charge is 2.22. The Hall–Kier alpha value is -3.10. The van der Waals surface area contributed by atoms with Gasteiger partial charge in [0.1, 0.15) is 11.3 Å². The summed E-state index contributed by atoms with van der Waals surface area (Å²) < 4.78 is 18.8. The lowest BCUT2D eigenvalue weighted by Crippen LogP contribution is -2.16. The molecule has 1 aliphatic heterocycles. The molecule has 0 spiro atoms. The van der Waals surface area contributed by atoms with Crippen molar-refractivity contribution in [3.63, 3.8) is 0 Å². The molecule has 1 saturated heterocycles. The van der Waals surface area contributed by atoms with E-state index >= 15 is 0 Å². The Labute approximate surface area is 202 Å². The molecule has 1 atom stereocenters. The molecule has 8 heteroatoms. The first kappa shape index (κ1) is 22.7. The van der Waals surface area contributed by atoms with Crippen LogP contribution in [0, 0.1) is 0 Å². The lowest BCUT2D eigenvalue weighted by molar-refractivity contribution is 0.0953. The van der Waals surface area contributed by atoms with Crippen molar-refractivity contribution in [2.24, 2.45) is 0 Å². The van der Waals surface area contributed by atoms with E-state index in [1.54, 1.807) is 24.9 Å². The van der Waals surface area contributed by atoms with Crippen molar-refractivity contribution >= 4 is 22.7 Å². The lowest BCUT2D eigenvalue weighted by Gasteiger charge is -2.15. The normalized spacial score (nSPS) is 15.8. The predicted octanol–water partition coefficient (Wildman–Crippen LogP) is 5.09. The monoisotopic (exact) mass is 477 g/mol. The molecule has 0 saturated carbocycles. The standard InChI is InChI=1S/C26H27N3O4S/c1-3-17-6-11-22-19(14-24(30)33-23(22)13-17)16-34-26-28-27-25(18-7-9-20(31-2)10-8-18)29(26)15-21-5-4-12-32-21/h6-11,13-14,21H,3-5,12,15-16H2,1-2H3. The summed E-state index contributed by atoms with van der Waals surface area (Å²) in [5, 5.41) is 10.8. The van der Waals surface area contributed by atoms with Crippen molar-refractivity contribution in [3.8, 4) is 17.1 Å². The van der Waals surface area contributed by atoms with Gasteiger partial charge in [-0.1, -0.05) is 30.8 Å². The minimum atomic E-state index is -0.337. The van der Waals surface area contributed by atoms with Crippen LogP contribution in [-0.2, 0) is 23.5 Å². The summed E-state index contributed by atoms with van der Waals surface area (Å²) in [5.41, 5.74) is 3.33. The van der Waals surface area contributed by atoms with E-state index in [0.717, 1.165) is 64.7 Å². The van der Waals surface area contributed by atoms with Gasteiger partial charge < -0.3 is 13.9 Å². The van der Waals surface area contributed by atoms with Crippen LogP contribution in [0.1, 0.15) is 30.9 Å². The number of benzene rings is 2. The number of nitrogens with zero attached hydrogens (tertiary/aromatic N) is 3. The molecule has 2 aromatic heterocycles. The molecule has 3 heterocycles. The fourth-order valence-electron chi connectivity index (χ4n) is 4.26. The largest absolute Gasteiger partial charge is 0.497 e. The predicted molar refractivity (Wildman–Crippen MR) is 132 cm³/mol. The maximum Gasteiger partial charge on any atom is 0.336 e. The molecule has 1 unspecified atom stereocenters. The SMILES string of the molecule is CCc1ccc2c(CSc3nnc(-c4ccc(OC)cc4)n3CC3CCCO3)cc(=O)oc2c1. The van der Waals surface area contributed by atoms with Crippen molar-refractivity contribution in [1.29, 1.82) is 0 Å². The molecule has 0 amide bonds. The van der Waals surface area contributed by atoms with Crippen LogP contribution in [0.4, 0.5) is 0 Å². The minimum Gasteiger partial charge on any atom is -0.497 e. The molecule has 1 aliphatic rings. The topological polar surface area (TPSA) is 79.4 Å². The Balaban J connectivity index is 1.46. The van der Waals surface area contributed by atoms with Gasteiger partial charge in [-0.05, 0) is 60.7 Å². The van der Waals surface area contributed by atoms with Gasteiger partial charge in [0.2, 0.25) is 0 Å². The summed E-state index contributed by atoms with van der Waals surface area (Å²) >= 11 is 1.57. The Morgan fingerprint density at radius 2 is 2.00 bits per heavy atom. The van der Waals surface area contributed by atoms with E-state index in [1.165, 1.54) is 0 Å². The third-order valence-electron chi connectivity index (χ3n) is 6.13. The molecule has 176 valence electrons. The van der Waals surface area contributed by atoms with Gasteiger partial charge in [0.15, 0.2) is 11.0 Å². The van der Waals surface area contributed by atoms with E-state index in [4.69, 9.17) is 13.9 Å². The maximum absolute atomic E-state index is 12.2. The molecule has 4 aromatic rings. The highest BCUT2D eigenvalue weighted by atomic mass is 32.2. The average Bonchev–Trinajstić information content (AvgIpc) is 3.52. The van der Waals surface area contributed by atoms with Crippen LogP contribution in [0.2, 0.25) is 0 Å². The maximum atomic E-state index is 12.2. The number of aryl methyl sites for hydroxylation is 1. The quantitative estimate of drug-likeness (QED) is 0.258. The highest BCUT2D eigenvalue weighted by molar-refractivity contribution is 7.98. The number of thioether (sulfide) groups is 1. The smallest absolute Gasteiger partial charge is 0.336 e. The van der Waals surface area contributed by atoms with Crippen molar-refractivity contribution in [3.05, 3.63) is 70.1 Å². The van der Waals surface area contributed by atoms with Gasteiger partial charge in [-0.2, -0.15) is 0 Å². The van der Waals surface area contributed by atoms with E-state index in [-0.39, 0.29) is 11.7 Å². The number of rotatable bonds is 8. The summed E-state index contributed by atoms with van der Waals surface area (Å²) in [5.74, 6) is 2.18. The van der Waals surface area contributed by atoms with Gasteiger partial charge in [-0.25, -0.2) is 4.79 Å². The van der Waals surface area contributed by atoms with Gasteiger partial charge in [0.25, 0.3) is 0 Å². The zero-order valence-electron chi connectivity index (χ0n) is 19.3. The molecule has 2 aromatic carbocycles. The first-order valence-electron chi connectivity index (χ1n) is 11.5. The number of hydrogen-bond donors (Lipinski definition) is 0. The molecule has 0 N–H and O–H groups in total. The molecule has 0 bridgehead atoms. The minimum absolute atomic E-state index is 0.143. The molecule has 34 heavy (non-hydrogen) atoms. The van der Waals surface area contributed by atoms with E-state index in [2.05, 4.69) is 27.8 Å². The highest BCUT2D eigenvalue weighted by Crippen LogP contribution is 2.31.